The molecule has 0 rings (SSSR count). The average Bonchev–Trinajstić information content (AvgIpc) is 2.08. The first-order valence-corrected chi connectivity index (χ1v) is 8.83. The minimum absolute atomic E-state index is 0.0834. The minimum Gasteiger partial charge on any atom is -0.417 e. The molecule has 0 amide bonds. The van der Waals surface area contributed by atoms with Crippen molar-refractivity contribution in [1.82, 2.24) is 0 Å². The average molecular weight is 247 g/mol. The van der Waals surface area contributed by atoms with E-state index in [0.717, 1.165) is 19.4 Å². The molecule has 96 valence electrons. The number of nitro groups is 1. The van der Waals surface area contributed by atoms with Crippen molar-refractivity contribution in [1.29, 1.82) is 0 Å². The largest absolute Gasteiger partial charge is 0.417 e. The number of hydrogen-bond acceptors (Lipinski definition) is 3. The van der Waals surface area contributed by atoms with E-state index >= 15 is 0 Å². The van der Waals surface area contributed by atoms with Crippen molar-refractivity contribution >= 4 is 8.32 Å². The van der Waals surface area contributed by atoms with Gasteiger partial charge in [0.05, 0.1) is 0 Å². The van der Waals surface area contributed by atoms with Crippen LogP contribution in [0.2, 0.25) is 18.1 Å². The summed E-state index contributed by atoms with van der Waals surface area (Å²) < 4.78 is 5.97. The standard InChI is InChI=1S/C11H25NO3Si/c1-11(2,3)16(4,5)15-10-8-6-7-9-12(13)14/h6-10H2,1-5H3. The van der Waals surface area contributed by atoms with Crippen molar-refractivity contribution in [3.63, 3.8) is 0 Å². The molecule has 5 heteroatoms. The van der Waals surface area contributed by atoms with Gasteiger partial charge in [-0.05, 0) is 31.0 Å². The van der Waals surface area contributed by atoms with E-state index in [9.17, 15) is 10.1 Å². The van der Waals surface area contributed by atoms with Gasteiger partial charge in [0.15, 0.2) is 8.32 Å². The van der Waals surface area contributed by atoms with Crippen molar-refractivity contribution in [3.8, 4) is 0 Å². The Hall–Kier alpha value is -0.423. The molecule has 0 aliphatic carbocycles. The maximum atomic E-state index is 10.1. The highest BCUT2D eigenvalue weighted by Gasteiger charge is 2.36. The summed E-state index contributed by atoms with van der Waals surface area (Å²) >= 11 is 0. The zero-order valence-electron chi connectivity index (χ0n) is 11.2. The molecule has 0 aromatic heterocycles. The molecule has 0 atom stereocenters. The first kappa shape index (κ1) is 15.6. The van der Waals surface area contributed by atoms with E-state index in [1.165, 1.54) is 0 Å². The van der Waals surface area contributed by atoms with Crippen molar-refractivity contribution in [2.75, 3.05) is 13.2 Å². The van der Waals surface area contributed by atoms with Gasteiger partial charge in [-0.3, -0.25) is 10.1 Å². The summed E-state index contributed by atoms with van der Waals surface area (Å²) in [7, 11) is -1.62. The second kappa shape index (κ2) is 6.35. The molecule has 0 saturated heterocycles. The first-order valence-electron chi connectivity index (χ1n) is 5.92. The van der Waals surface area contributed by atoms with Crippen molar-refractivity contribution in [3.05, 3.63) is 10.1 Å². The smallest absolute Gasteiger partial charge is 0.203 e. The monoisotopic (exact) mass is 247 g/mol. The van der Waals surface area contributed by atoms with Crippen LogP contribution in [0.4, 0.5) is 0 Å². The van der Waals surface area contributed by atoms with E-state index in [1.807, 2.05) is 0 Å². The highest BCUT2D eigenvalue weighted by atomic mass is 28.4. The van der Waals surface area contributed by atoms with Gasteiger partial charge in [-0.2, -0.15) is 0 Å². The molecule has 0 aromatic rings. The Morgan fingerprint density at radius 1 is 1.19 bits per heavy atom. The Kier molecular flexibility index (Phi) is 6.18. The van der Waals surface area contributed by atoms with Crippen LogP contribution >= 0.6 is 0 Å². The molecule has 0 aliphatic heterocycles. The molecule has 16 heavy (non-hydrogen) atoms. The second-order valence-electron chi connectivity index (χ2n) is 5.73. The predicted octanol–water partition coefficient (Wildman–Crippen LogP) is 3.46. The van der Waals surface area contributed by atoms with Crippen LogP contribution in [0, 0.1) is 10.1 Å². The fourth-order valence-electron chi connectivity index (χ4n) is 1.06. The quantitative estimate of drug-likeness (QED) is 0.300. The minimum atomic E-state index is -1.62. The van der Waals surface area contributed by atoms with E-state index in [-0.39, 0.29) is 16.5 Å². The predicted molar refractivity (Wildman–Crippen MR) is 68.9 cm³/mol. The third kappa shape index (κ3) is 6.22. The SMILES string of the molecule is CC(C)(C)[Si](C)(C)OCCCCC[N+](=O)[O-]. The Morgan fingerprint density at radius 3 is 2.19 bits per heavy atom. The van der Waals surface area contributed by atoms with Crippen LogP contribution in [0.1, 0.15) is 40.0 Å². The van der Waals surface area contributed by atoms with Crippen molar-refractivity contribution in [2.45, 2.75) is 58.2 Å². The van der Waals surface area contributed by atoms with E-state index in [0.29, 0.717) is 6.42 Å². The van der Waals surface area contributed by atoms with Crippen LogP contribution in [0.3, 0.4) is 0 Å². The zero-order chi connectivity index (χ0) is 12.8. The lowest BCUT2D eigenvalue weighted by Gasteiger charge is -2.36. The fourth-order valence-corrected chi connectivity index (χ4v) is 2.15. The fraction of sp³-hybridized carbons (Fsp3) is 1.00. The third-order valence-corrected chi connectivity index (χ3v) is 7.79. The highest BCUT2D eigenvalue weighted by Crippen LogP contribution is 2.36. The number of hydrogen-bond donors (Lipinski definition) is 0. The zero-order valence-corrected chi connectivity index (χ0v) is 12.2. The van der Waals surface area contributed by atoms with Crippen molar-refractivity contribution < 1.29 is 9.35 Å². The van der Waals surface area contributed by atoms with Crippen molar-refractivity contribution in [2.24, 2.45) is 0 Å². The maximum absolute atomic E-state index is 10.1. The van der Waals surface area contributed by atoms with E-state index in [1.54, 1.807) is 0 Å². The van der Waals surface area contributed by atoms with Gasteiger partial charge in [0, 0.05) is 18.0 Å². The van der Waals surface area contributed by atoms with Gasteiger partial charge in [-0.25, -0.2) is 0 Å². The summed E-state index contributed by atoms with van der Waals surface area (Å²) in [5, 5.41) is 10.3. The van der Waals surface area contributed by atoms with Gasteiger partial charge in [0.1, 0.15) is 0 Å². The molecule has 0 N–H and O–H groups in total. The van der Waals surface area contributed by atoms with E-state index in [2.05, 4.69) is 33.9 Å². The van der Waals surface area contributed by atoms with Gasteiger partial charge >= 0.3 is 0 Å². The second-order valence-corrected chi connectivity index (χ2v) is 10.5. The van der Waals surface area contributed by atoms with Crippen LogP contribution in [-0.4, -0.2) is 26.4 Å². The molecular weight excluding hydrogens is 222 g/mol. The Labute approximate surface area is 99.7 Å². The van der Waals surface area contributed by atoms with Gasteiger partial charge in [0.25, 0.3) is 0 Å². The van der Waals surface area contributed by atoms with E-state index < -0.39 is 8.32 Å². The number of unbranched alkanes of at least 4 members (excludes halogenated alkanes) is 2. The third-order valence-electron chi connectivity index (χ3n) is 3.25. The number of nitrogens with zero attached hydrogens (tertiary/aromatic N) is 1. The molecule has 0 spiro atoms. The summed E-state index contributed by atoms with van der Waals surface area (Å²) in [5.74, 6) is 0. The van der Waals surface area contributed by atoms with Crippen LogP contribution in [0.25, 0.3) is 0 Å². The maximum Gasteiger partial charge on any atom is 0.203 e. The first-order chi connectivity index (χ1) is 7.17. The van der Waals surface area contributed by atoms with Gasteiger partial charge in [0.2, 0.25) is 6.54 Å². The molecule has 0 unspecified atom stereocenters. The summed E-state index contributed by atoms with van der Waals surface area (Å²) in [6.07, 6.45) is 2.48. The van der Waals surface area contributed by atoms with Gasteiger partial charge in [-0.15, -0.1) is 0 Å². The lowest BCUT2D eigenvalue weighted by molar-refractivity contribution is -0.480. The normalized spacial score (nSPS) is 12.8. The lowest BCUT2D eigenvalue weighted by Crippen LogP contribution is -2.40. The Balaban J connectivity index is 3.63. The van der Waals surface area contributed by atoms with Crippen LogP contribution < -0.4 is 0 Å². The Morgan fingerprint density at radius 2 is 1.75 bits per heavy atom. The molecule has 0 fully saturated rings. The molecular formula is C11H25NO3Si. The molecule has 0 aliphatic rings. The summed E-state index contributed by atoms with van der Waals surface area (Å²) in [6, 6.07) is 0. The van der Waals surface area contributed by atoms with E-state index in [4.69, 9.17) is 4.43 Å². The molecule has 0 aromatic carbocycles. The summed E-state index contributed by atoms with van der Waals surface area (Å²) in [5.41, 5.74) is 0. The summed E-state index contributed by atoms with van der Waals surface area (Å²) in [4.78, 5) is 9.85. The Bertz CT molecular complexity index is 224. The highest BCUT2D eigenvalue weighted by molar-refractivity contribution is 6.74. The molecule has 0 heterocycles. The van der Waals surface area contributed by atoms with Gasteiger partial charge in [-0.1, -0.05) is 20.8 Å². The van der Waals surface area contributed by atoms with Crippen LogP contribution in [0.15, 0.2) is 0 Å². The number of rotatable bonds is 7. The molecule has 0 saturated carbocycles. The molecule has 0 bridgehead atoms. The topological polar surface area (TPSA) is 52.4 Å². The summed E-state index contributed by atoms with van der Waals surface area (Å²) in [6.45, 7) is 11.9. The van der Waals surface area contributed by atoms with Gasteiger partial charge < -0.3 is 4.43 Å². The van der Waals surface area contributed by atoms with Crippen LogP contribution in [0.5, 0.6) is 0 Å². The molecule has 4 nitrogen and oxygen atoms in total. The van der Waals surface area contributed by atoms with Crippen LogP contribution in [-0.2, 0) is 4.43 Å². The molecule has 0 radical (unpaired) electrons. The lowest BCUT2D eigenvalue weighted by atomic mass is 10.2.